The van der Waals surface area contributed by atoms with E-state index in [0.717, 1.165) is 25.3 Å². The molecule has 0 fully saturated rings. The molecule has 2 aromatic rings. The fourth-order valence-electron chi connectivity index (χ4n) is 2.42. The fourth-order valence-corrected chi connectivity index (χ4v) is 2.42. The quantitative estimate of drug-likeness (QED) is 0.841. The summed E-state index contributed by atoms with van der Waals surface area (Å²) >= 11 is 0. The number of nitrogens with zero attached hydrogens (tertiary/aromatic N) is 3. The summed E-state index contributed by atoms with van der Waals surface area (Å²) in [7, 11) is 0. The molecule has 0 spiro atoms. The van der Waals surface area contributed by atoms with Crippen molar-refractivity contribution >= 4 is 11.5 Å². The Hall–Kier alpha value is -2.54. The number of hydrogen-bond donors (Lipinski definition) is 1. The molecule has 0 saturated heterocycles. The molecule has 0 bridgehead atoms. The van der Waals surface area contributed by atoms with Gasteiger partial charge in [-0.2, -0.15) is 5.26 Å². The highest BCUT2D eigenvalue weighted by atomic mass is 15.2. The highest BCUT2D eigenvalue weighted by Crippen LogP contribution is 2.24. The van der Waals surface area contributed by atoms with Crippen LogP contribution in [0, 0.1) is 11.3 Å². The number of aromatic nitrogens is 1. The van der Waals surface area contributed by atoms with Crippen molar-refractivity contribution in [2.24, 2.45) is 0 Å². The molecule has 0 aliphatic carbocycles. The first kappa shape index (κ1) is 11.5. The van der Waals surface area contributed by atoms with Gasteiger partial charge in [0.2, 0.25) is 0 Å². The van der Waals surface area contributed by atoms with Gasteiger partial charge in [-0.15, -0.1) is 0 Å². The Morgan fingerprint density at radius 2 is 1.95 bits per heavy atom. The van der Waals surface area contributed by atoms with E-state index in [0.29, 0.717) is 11.4 Å². The summed E-state index contributed by atoms with van der Waals surface area (Å²) in [6, 6.07) is 14.1. The third-order valence-electron chi connectivity index (χ3n) is 3.47. The molecular weight excluding hydrogens is 236 g/mol. The minimum Gasteiger partial charge on any atom is -0.396 e. The van der Waals surface area contributed by atoms with Crippen molar-refractivity contribution < 1.29 is 0 Å². The minimum atomic E-state index is 0.302. The normalized spacial score (nSPS) is 13.7. The second-order valence-corrected chi connectivity index (χ2v) is 4.66. The molecule has 1 aromatic heterocycles. The lowest BCUT2D eigenvalue weighted by Crippen LogP contribution is -2.31. The van der Waals surface area contributed by atoms with Crippen LogP contribution in [-0.2, 0) is 13.0 Å². The summed E-state index contributed by atoms with van der Waals surface area (Å²) in [5.41, 5.74) is 9.16. The number of rotatable bonds is 1. The number of nitrogens with two attached hydrogens (primary N) is 1. The van der Waals surface area contributed by atoms with Crippen molar-refractivity contribution in [3.8, 4) is 6.07 Å². The summed E-state index contributed by atoms with van der Waals surface area (Å²) < 4.78 is 0. The van der Waals surface area contributed by atoms with E-state index in [1.807, 2.05) is 12.1 Å². The monoisotopic (exact) mass is 250 g/mol. The van der Waals surface area contributed by atoms with E-state index in [2.05, 4.69) is 34.1 Å². The Balaban J connectivity index is 1.91. The second kappa shape index (κ2) is 4.62. The van der Waals surface area contributed by atoms with Gasteiger partial charge in [0.1, 0.15) is 11.9 Å². The largest absolute Gasteiger partial charge is 0.396 e. The summed E-state index contributed by atoms with van der Waals surface area (Å²) in [5.74, 6) is 0.820. The van der Waals surface area contributed by atoms with E-state index >= 15 is 0 Å². The van der Waals surface area contributed by atoms with Gasteiger partial charge in [0.05, 0.1) is 5.69 Å². The van der Waals surface area contributed by atoms with Crippen molar-refractivity contribution in [2.75, 3.05) is 17.2 Å². The second-order valence-electron chi connectivity index (χ2n) is 4.66. The third-order valence-corrected chi connectivity index (χ3v) is 3.47. The van der Waals surface area contributed by atoms with Gasteiger partial charge in [-0.1, -0.05) is 24.3 Å². The summed E-state index contributed by atoms with van der Waals surface area (Å²) in [6.07, 6.45) is 1.00. The fraction of sp³-hybridized carbons (Fsp3) is 0.200. The van der Waals surface area contributed by atoms with Crippen LogP contribution in [-0.4, -0.2) is 11.5 Å². The van der Waals surface area contributed by atoms with E-state index in [-0.39, 0.29) is 0 Å². The lowest BCUT2D eigenvalue weighted by Gasteiger charge is -2.29. The molecule has 2 heterocycles. The van der Waals surface area contributed by atoms with Gasteiger partial charge >= 0.3 is 0 Å². The molecule has 4 nitrogen and oxygen atoms in total. The molecule has 19 heavy (non-hydrogen) atoms. The van der Waals surface area contributed by atoms with E-state index in [4.69, 9.17) is 11.0 Å². The first-order chi connectivity index (χ1) is 9.28. The van der Waals surface area contributed by atoms with Crippen LogP contribution in [0.4, 0.5) is 11.5 Å². The maximum Gasteiger partial charge on any atom is 0.165 e. The molecule has 3 rings (SSSR count). The number of pyridine rings is 1. The van der Waals surface area contributed by atoms with Gasteiger partial charge in [0.15, 0.2) is 5.69 Å². The van der Waals surface area contributed by atoms with Crippen molar-refractivity contribution in [1.29, 1.82) is 5.26 Å². The maximum absolute atomic E-state index is 8.99. The van der Waals surface area contributed by atoms with Crippen molar-refractivity contribution in [1.82, 2.24) is 4.98 Å². The van der Waals surface area contributed by atoms with Gasteiger partial charge in [-0.05, 0) is 29.7 Å². The smallest absolute Gasteiger partial charge is 0.165 e. The van der Waals surface area contributed by atoms with E-state index < -0.39 is 0 Å². The highest BCUT2D eigenvalue weighted by molar-refractivity contribution is 5.56. The van der Waals surface area contributed by atoms with Crippen LogP contribution in [0.1, 0.15) is 16.8 Å². The minimum absolute atomic E-state index is 0.302. The van der Waals surface area contributed by atoms with E-state index in [9.17, 15) is 0 Å². The van der Waals surface area contributed by atoms with Crippen LogP contribution < -0.4 is 10.6 Å². The number of hydrogen-bond acceptors (Lipinski definition) is 4. The van der Waals surface area contributed by atoms with Crippen molar-refractivity contribution in [3.05, 3.63) is 53.2 Å². The Kier molecular flexibility index (Phi) is 2.81. The van der Waals surface area contributed by atoms with Gasteiger partial charge in [-0.3, -0.25) is 0 Å². The van der Waals surface area contributed by atoms with Gasteiger partial charge < -0.3 is 10.6 Å². The molecular formula is C15H14N4. The Bertz CT molecular complexity index is 657. The molecule has 1 aliphatic rings. The molecule has 1 aromatic carbocycles. The standard InChI is InChI=1S/C15H14N4/c16-9-14-13(17)5-6-15(18-14)19-8-7-11-3-1-2-4-12(11)10-19/h1-6H,7-8,10,17H2. The average Bonchev–Trinajstić information content (AvgIpc) is 2.47. The van der Waals surface area contributed by atoms with E-state index in [1.165, 1.54) is 11.1 Å². The van der Waals surface area contributed by atoms with Crippen molar-refractivity contribution in [3.63, 3.8) is 0 Å². The molecule has 2 N–H and O–H groups in total. The Morgan fingerprint density at radius 1 is 1.16 bits per heavy atom. The van der Waals surface area contributed by atoms with Crippen LogP contribution in [0.15, 0.2) is 36.4 Å². The van der Waals surface area contributed by atoms with Crippen molar-refractivity contribution in [2.45, 2.75) is 13.0 Å². The lowest BCUT2D eigenvalue weighted by atomic mass is 10.00. The summed E-state index contributed by atoms with van der Waals surface area (Å²) in [5, 5.41) is 8.99. The first-order valence-electron chi connectivity index (χ1n) is 6.26. The first-order valence-corrected chi connectivity index (χ1v) is 6.26. The zero-order valence-corrected chi connectivity index (χ0v) is 10.5. The van der Waals surface area contributed by atoms with Gasteiger partial charge in [-0.25, -0.2) is 4.98 Å². The zero-order valence-electron chi connectivity index (χ0n) is 10.5. The molecule has 1 aliphatic heterocycles. The Labute approximate surface area is 112 Å². The molecule has 0 saturated carbocycles. The predicted octanol–water partition coefficient (Wildman–Crippen LogP) is 2.10. The third kappa shape index (κ3) is 2.11. The number of nitrogen functional groups attached to an aromatic ring is 1. The summed E-state index contributed by atoms with van der Waals surface area (Å²) in [4.78, 5) is 6.51. The van der Waals surface area contributed by atoms with Crippen LogP contribution in [0.3, 0.4) is 0 Å². The van der Waals surface area contributed by atoms with Crippen LogP contribution >= 0.6 is 0 Å². The van der Waals surface area contributed by atoms with Gasteiger partial charge in [0, 0.05) is 13.1 Å². The molecule has 4 heteroatoms. The lowest BCUT2D eigenvalue weighted by molar-refractivity contribution is 0.720. The zero-order chi connectivity index (χ0) is 13.2. The van der Waals surface area contributed by atoms with Crippen LogP contribution in [0.25, 0.3) is 0 Å². The Morgan fingerprint density at radius 3 is 2.74 bits per heavy atom. The molecule has 0 unspecified atom stereocenters. The van der Waals surface area contributed by atoms with Crippen LogP contribution in [0.5, 0.6) is 0 Å². The van der Waals surface area contributed by atoms with Gasteiger partial charge in [0.25, 0.3) is 0 Å². The number of anilines is 2. The van der Waals surface area contributed by atoms with Crippen LogP contribution in [0.2, 0.25) is 0 Å². The maximum atomic E-state index is 8.99. The SMILES string of the molecule is N#Cc1nc(N2CCc3ccccc3C2)ccc1N. The van der Waals surface area contributed by atoms with E-state index in [1.54, 1.807) is 6.07 Å². The molecule has 0 radical (unpaired) electrons. The number of nitriles is 1. The number of fused-ring (bicyclic) bond motifs is 1. The molecule has 0 atom stereocenters. The highest BCUT2D eigenvalue weighted by Gasteiger charge is 2.17. The average molecular weight is 250 g/mol. The number of benzene rings is 1. The topological polar surface area (TPSA) is 65.9 Å². The molecule has 94 valence electrons. The molecule has 0 amide bonds. The predicted molar refractivity (Wildman–Crippen MR) is 74.6 cm³/mol. The summed E-state index contributed by atoms with van der Waals surface area (Å²) in [6.45, 7) is 1.75.